The number of cyclic esters (lactones) is 1. The molecule has 4 heterocycles. The standard InChI is InChI=1S/C45H64O14/c1-23-34(48)10-11-38(52-23)58-41-24(2)54-40(21-36(41)56-27(5)47)59-42-25(3)53-39(20-35(42)55-26(4)46)57-30-12-15-43(6)29(19-30)8-9-33-32(43)13-16-44(7)31(14-17-45(33,44)50)28-18-37(49)51-22-28/h10-11,18,23-25,29-33,35-36,38-42,50H,8-9,12-17,19-22H2,1-7H3/t23-,24-,25-,29-,30+,31-,32+,33-,35+,36+,38+,39+,40+,41-,42-,43+,44-,45+/m1/s1. The van der Waals surface area contributed by atoms with Crippen molar-refractivity contribution in [2.75, 3.05) is 6.61 Å². The van der Waals surface area contributed by atoms with Crippen LogP contribution in [-0.4, -0.2) is 109 Å². The minimum atomic E-state index is -0.834. The van der Waals surface area contributed by atoms with Gasteiger partial charge in [0.1, 0.15) is 37.1 Å². The molecule has 4 aliphatic carbocycles. The number of rotatable bonds is 9. The van der Waals surface area contributed by atoms with Gasteiger partial charge in [0.15, 0.2) is 24.7 Å². The second-order valence-corrected chi connectivity index (χ2v) is 19.2. The first-order valence-corrected chi connectivity index (χ1v) is 22.1. The van der Waals surface area contributed by atoms with E-state index in [-0.39, 0.29) is 53.4 Å². The molecule has 4 aliphatic heterocycles. The van der Waals surface area contributed by atoms with Crippen molar-refractivity contribution < 1.29 is 66.9 Å². The van der Waals surface area contributed by atoms with Crippen molar-refractivity contribution >= 4 is 23.7 Å². The van der Waals surface area contributed by atoms with Crippen LogP contribution in [0, 0.1) is 34.5 Å². The fraction of sp³-hybridized carbons (Fsp3) is 0.822. The first kappa shape index (κ1) is 42.9. The maximum absolute atomic E-state index is 12.6. The van der Waals surface area contributed by atoms with Crippen LogP contribution in [-0.2, 0) is 61.8 Å². The summed E-state index contributed by atoms with van der Waals surface area (Å²) < 4.78 is 54.7. The quantitative estimate of drug-likeness (QED) is 0.178. The Morgan fingerprint density at radius 1 is 0.763 bits per heavy atom. The molecule has 0 radical (unpaired) electrons. The maximum atomic E-state index is 12.6. The molecule has 8 rings (SSSR count). The van der Waals surface area contributed by atoms with Gasteiger partial charge in [-0.05, 0) is 125 Å². The topological polar surface area (TPSA) is 172 Å². The molecule has 0 spiro atoms. The Morgan fingerprint density at radius 2 is 1.42 bits per heavy atom. The monoisotopic (exact) mass is 828 g/mol. The number of esters is 3. The number of fused-ring (bicyclic) bond motifs is 5. The Bertz CT molecular complexity index is 1700. The second-order valence-electron chi connectivity index (χ2n) is 19.2. The zero-order valence-corrected chi connectivity index (χ0v) is 35.6. The van der Waals surface area contributed by atoms with Gasteiger partial charge in [0, 0.05) is 38.2 Å². The molecule has 328 valence electrons. The molecule has 0 unspecified atom stereocenters. The SMILES string of the molecule is CC(=O)O[C@H]1C[C@H](O[C@H]2[C@@H](OC(C)=O)C[C@H](O[C@H]3CC[C@@]4(C)[C@H](CC[C@@H]5[C@@H]4CC[C@]4(C)[C@@H](C6=CC(=O)OC6)CC[C@]54O)C3)O[C@@H]2C)O[C@H](C)[C@H]1O[C@H]1C=CC(=O)[C@@H](C)O1. The highest BCUT2D eigenvalue weighted by molar-refractivity contribution is 5.93. The molecule has 8 aliphatic rings. The minimum Gasteiger partial charge on any atom is -0.459 e. The summed E-state index contributed by atoms with van der Waals surface area (Å²) in [6.45, 7) is 13.1. The average molecular weight is 829 g/mol. The highest BCUT2D eigenvalue weighted by Gasteiger charge is 2.68. The van der Waals surface area contributed by atoms with Crippen LogP contribution in [0.2, 0.25) is 0 Å². The Hall–Kier alpha value is -2.72. The molecule has 6 fully saturated rings. The molecule has 18 atom stereocenters. The van der Waals surface area contributed by atoms with Gasteiger partial charge in [0.25, 0.3) is 0 Å². The average Bonchev–Trinajstić information content (AvgIpc) is 3.71. The van der Waals surface area contributed by atoms with E-state index in [9.17, 15) is 24.3 Å². The van der Waals surface area contributed by atoms with Crippen molar-refractivity contribution in [1.82, 2.24) is 0 Å². The van der Waals surface area contributed by atoms with Gasteiger partial charge >= 0.3 is 17.9 Å². The summed E-state index contributed by atoms with van der Waals surface area (Å²) in [4.78, 5) is 48.5. The van der Waals surface area contributed by atoms with Crippen LogP contribution in [0.5, 0.6) is 0 Å². The summed E-state index contributed by atoms with van der Waals surface area (Å²) in [5.74, 6) is -0.0780. The van der Waals surface area contributed by atoms with Crippen LogP contribution < -0.4 is 0 Å². The molecule has 0 bridgehead atoms. The number of hydrogen-bond acceptors (Lipinski definition) is 14. The van der Waals surface area contributed by atoms with Crippen molar-refractivity contribution in [2.24, 2.45) is 34.5 Å². The molecule has 0 aromatic rings. The summed E-state index contributed by atoms with van der Waals surface area (Å²) in [7, 11) is 0. The molecule has 1 N–H and O–H groups in total. The molecular weight excluding hydrogens is 764 g/mol. The summed E-state index contributed by atoms with van der Waals surface area (Å²) in [6, 6.07) is 0. The van der Waals surface area contributed by atoms with Crippen molar-refractivity contribution in [2.45, 2.75) is 192 Å². The van der Waals surface area contributed by atoms with Gasteiger partial charge in [-0.2, -0.15) is 0 Å². The predicted octanol–water partition coefficient (Wildman–Crippen LogP) is 5.40. The largest absolute Gasteiger partial charge is 0.459 e. The van der Waals surface area contributed by atoms with E-state index in [1.54, 1.807) is 19.9 Å². The smallest absolute Gasteiger partial charge is 0.331 e. The van der Waals surface area contributed by atoms with Crippen LogP contribution in [0.15, 0.2) is 23.8 Å². The van der Waals surface area contributed by atoms with Gasteiger partial charge in [-0.3, -0.25) is 14.4 Å². The van der Waals surface area contributed by atoms with Gasteiger partial charge in [-0.15, -0.1) is 0 Å². The summed E-state index contributed by atoms with van der Waals surface area (Å²) in [5, 5.41) is 12.6. The van der Waals surface area contributed by atoms with E-state index >= 15 is 0 Å². The number of ether oxygens (including phenoxy) is 9. The molecule has 59 heavy (non-hydrogen) atoms. The van der Waals surface area contributed by atoms with Gasteiger partial charge in [-0.1, -0.05) is 13.8 Å². The normalized spacial score (nSPS) is 48.3. The Kier molecular flexibility index (Phi) is 12.0. The van der Waals surface area contributed by atoms with Crippen LogP contribution in [0.4, 0.5) is 0 Å². The highest BCUT2D eigenvalue weighted by atomic mass is 16.7. The Labute approximate surface area is 347 Å². The van der Waals surface area contributed by atoms with Gasteiger partial charge in [0.05, 0.1) is 23.9 Å². The van der Waals surface area contributed by atoms with E-state index in [0.29, 0.717) is 18.4 Å². The van der Waals surface area contributed by atoms with Crippen molar-refractivity contribution in [3.8, 4) is 0 Å². The third kappa shape index (κ3) is 8.09. The lowest BCUT2D eigenvalue weighted by Crippen LogP contribution is -2.62. The van der Waals surface area contributed by atoms with E-state index < -0.39 is 79.1 Å². The van der Waals surface area contributed by atoms with E-state index in [0.717, 1.165) is 63.4 Å². The lowest BCUT2D eigenvalue weighted by molar-refractivity contribution is -0.328. The van der Waals surface area contributed by atoms with Crippen LogP contribution in [0.3, 0.4) is 0 Å². The number of carbonyl (C=O) groups excluding carboxylic acids is 4. The van der Waals surface area contributed by atoms with E-state index in [4.69, 9.17) is 42.6 Å². The van der Waals surface area contributed by atoms with Crippen LogP contribution in [0.25, 0.3) is 0 Å². The van der Waals surface area contributed by atoms with Crippen molar-refractivity contribution in [3.63, 3.8) is 0 Å². The summed E-state index contributed by atoms with van der Waals surface area (Å²) in [5.41, 5.74) is 0.122. The lowest BCUT2D eigenvalue weighted by Gasteiger charge is -2.64. The third-order valence-corrected chi connectivity index (χ3v) is 15.9. The zero-order valence-electron chi connectivity index (χ0n) is 35.6. The van der Waals surface area contributed by atoms with Crippen LogP contribution in [0.1, 0.15) is 119 Å². The molecule has 0 amide bonds. The van der Waals surface area contributed by atoms with E-state index in [1.807, 2.05) is 6.92 Å². The molecule has 4 saturated carbocycles. The molecule has 14 heteroatoms. The number of aliphatic hydroxyl groups is 1. The highest BCUT2D eigenvalue weighted by Crippen LogP contribution is 2.70. The maximum Gasteiger partial charge on any atom is 0.331 e. The van der Waals surface area contributed by atoms with Gasteiger partial charge in [-0.25, -0.2) is 4.79 Å². The van der Waals surface area contributed by atoms with E-state index in [1.165, 1.54) is 26.0 Å². The third-order valence-electron chi connectivity index (χ3n) is 15.9. The van der Waals surface area contributed by atoms with Crippen molar-refractivity contribution in [1.29, 1.82) is 0 Å². The number of hydrogen-bond donors (Lipinski definition) is 1. The minimum absolute atomic E-state index is 0.0232. The first-order valence-electron chi connectivity index (χ1n) is 22.1. The Balaban J connectivity index is 0.887. The van der Waals surface area contributed by atoms with Crippen LogP contribution >= 0.6 is 0 Å². The molecular formula is C45H64O14. The summed E-state index contributed by atoms with van der Waals surface area (Å²) >= 11 is 0. The second kappa shape index (κ2) is 16.5. The fourth-order valence-corrected chi connectivity index (χ4v) is 13.0. The van der Waals surface area contributed by atoms with Gasteiger partial charge < -0.3 is 47.7 Å². The zero-order chi connectivity index (χ0) is 42.0. The fourth-order valence-electron chi connectivity index (χ4n) is 13.0. The molecule has 2 saturated heterocycles. The van der Waals surface area contributed by atoms with Gasteiger partial charge in [0.2, 0.25) is 0 Å². The molecule has 0 aromatic carbocycles. The molecule has 14 nitrogen and oxygen atoms in total. The van der Waals surface area contributed by atoms with Crippen molar-refractivity contribution in [3.05, 3.63) is 23.8 Å². The number of ketones is 1. The van der Waals surface area contributed by atoms with E-state index in [2.05, 4.69) is 13.8 Å². The molecule has 0 aromatic heterocycles. The Morgan fingerprint density at radius 3 is 2.05 bits per heavy atom. The lowest BCUT2D eigenvalue weighted by atomic mass is 9.43. The summed E-state index contributed by atoms with van der Waals surface area (Å²) in [6.07, 6.45) is 6.62. The number of carbonyl (C=O) groups is 4. The first-order chi connectivity index (χ1) is 28.0. The predicted molar refractivity (Wildman–Crippen MR) is 208 cm³/mol.